The predicted molar refractivity (Wildman–Crippen MR) is 96.2 cm³/mol. The molecule has 0 spiro atoms. The van der Waals surface area contributed by atoms with Crippen LogP contribution in [0.1, 0.15) is 0 Å². The largest absolute Gasteiger partial charge is 0.454 e. The molecule has 2 aromatic heterocycles. The molecule has 1 N–H and O–H groups in total. The zero-order valence-electron chi connectivity index (χ0n) is 15.3. The van der Waals surface area contributed by atoms with Gasteiger partial charge in [0, 0.05) is 25.8 Å². The van der Waals surface area contributed by atoms with Gasteiger partial charge in [-0.2, -0.15) is 0 Å². The van der Waals surface area contributed by atoms with Gasteiger partial charge in [0.15, 0.2) is 29.4 Å². The smallest absolute Gasteiger partial charge is 0.333 e. The van der Waals surface area contributed by atoms with Crippen molar-refractivity contribution in [1.29, 1.82) is 0 Å². The van der Waals surface area contributed by atoms with E-state index in [2.05, 4.69) is 10.3 Å². The first-order chi connectivity index (χ1) is 13.7. The van der Waals surface area contributed by atoms with Crippen LogP contribution >= 0.6 is 0 Å². The number of halogens is 2. The summed E-state index contributed by atoms with van der Waals surface area (Å²) in [5, 5.41) is 2.22. The molecule has 0 aliphatic rings. The number of rotatable bonds is 5. The molecular weight excluding hydrogens is 392 g/mol. The van der Waals surface area contributed by atoms with E-state index in [-0.39, 0.29) is 16.9 Å². The number of hydrogen-bond donors (Lipinski definition) is 1. The minimum Gasteiger partial charge on any atom is -0.454 e. The Balaban J connectivity index is 1.69. The Bertz CT molecular complexity index is 1240. The number of aryl methyl sites for hydroxylation is 2. The van der Waals surface area contributed by atoms with E-state index >= 15 is 0 Å². The monoisotopic (exact) mass is 407 g/mol. The molecule has 3 rings (SSSR count). The maximum absolute atomic E-state index is 13.1. The van der Waals surface area contributed by atoms with Crippen LogP contribution in [0.5, 0.6) is 0 Å². The van der Waals surface area contributed by atoms with Crippen molar-refractivity contribution in [2.24, 2.45) is 14.1 Å². The molecule has 0 aliphatic heterocycles. The van der Waals surface area contributed by atoms with Crippen LogP contribution in [0.2, 0.25) is 0 Å². The molecule has 2 heterocycles. The number of aromatic nitrogens is 4. The molecule has 3 aromatic rings. The van der Waals surface area contributed by atoms with Gasteiger partial charge in [0.2, 0.25) is 0 Å². The lowest BCUT2D eigenvalue weighted by Crippen LogP contribution is -2.41. The summed E-state index contributed by atoms with van der Waals surface area (Å²) in [5.74, 6) is -4.05. The van der Waals surface area contributed by atoms with Gasteiger partial charge in [-0.1, -0.05) is 0 Å². The van der Waals surface area contributed by atoms with E-state index in [0.717, 1.165) is 22.8 Å². The summed E-state index contributed by atoms with van der Waals surface area (Å²) in [4.78, 5) is 52.6. The Morgan fingerprint density at radius 1 is 1.17 bits per heavy atom. The van der Waals surface area contributed by atoms with Crippen LogP contribution in [0.15, 0.2) is 34.1 Å². The standard InChI is InChI=1S/C17H15F2N5O5/c1-22-8-20-15-14(22)16(27)24(17(28)23(15)2)6-13(26)29-7-12(25)21-9-3-4-10(18)11(19)5-9/h3-5,8H,6-7H2,1-2H3,(H,21,25). The van der Waals surface area contributed by atoms with Gasteiger partial charge in [0.1, 0.15) is 6.54 Å². The lowest BCUT2D eigenvalue weighted by molar-refractivity contribution is -0.148. The lowest BCUT2D eigenvalue weighted by Gasteiger charge is -2.09. The summed E-state index contributed by atoms with van der Waals surface area (Å²) in [6, 6.07) is 2.72. The Morgan fingerprint density at radius 2 is 1.90 bits per heavy atom. The Kier molecular flexibility index (Phi) is 5.26. The van der Waals surface area contributed by atoms with Crippen LogP contribution in [0.3, 0.4) is 0 Å². The molecule has 0 atom stereocenters. The molecular formula is C17H15F2N5O5. The van der Waals surface area contributed by atoms with Crippen molar-refractivity contribution in [2.75, 3.05) is 11.9 Å². The molecule has 0 radical (unpaired) electrons. The number of esters is 1. The third kappa shape index (κ3) is 3.90. The van der Waals surface area contributed by atoms with Crippen LogP contribution in [0.4, 0.5) is 14.5 Å². The van der Waals surface area contributed by atoms with Gasteiger partial charge in [-0.05, 0) is 12.1 Å². The van der Waals surface area contributed by atoms with E-state index in [9.17, 15) is 28.0 Å². The number of carbonyl (C=O) groups is 2. The van der Waals surface area contributed by atoms with Gasteiger partial charge in [-0.15, -0.1) is 0 Å². The number of amides is 1. The third-order valence-corrected chi connectivity index (χ3v) is 4.06. The second kappa shape index (κ2) is 7.66. The third-order valence-electron chi connectivity index (χ3n) is 4.06. The zero-order valence-corrected chi connectivity index (χ0v) is 15.3. The molecule has 0 aliphatic carbocycles. The summed E-state index contributed by atoms with van der Waals surface area (Å²) in [7, 11) is 2.96. The summed E-state index contributed by atoms with van der Waals surface area (Å²) in [6.45, 7) is -1.47. The molecule has 12 heteroatoms. The molecule has 10 nitrogen and oxygen atoms in total. The number of ether oxygens (including phenoxy) is 1. The van der Waals surface area contributed by atoms with Crippen LogP contribution in [-0.2, 0) is 35.0 Å². The fraction of sp³-hybridized carbons (Fsp3) is 0.235. The van der Waals surface area contributed by atoms with Crippen molar-refractivity contribution in [3.63, 3.8) is 0 Å². The van der Waals surface area contributed by atoms with Crippen molar-refractivity contribution >= 4 is 28.7 Å². The van der Waals surface area contributed by atoms with Crippen molar-refractivity contribution in [1.82, 2.24) is 18.7 Å². The topological polar surface area (TPSA) is 117 Å². The van der Waals surface area contributed by atoms with Crippen molar-refractivity contribution < 1.29 is 23.1 Å². The molecule has 0 saturated heterocycles. The number of imidazole rings is 1. The van der Waals surface area contributed by atoms with Gasteiger partial charge in [0.05, 0.1) is 6.33 Å². The highest BCUT2D eigenvalue weighted by atomic mass is 19.2. The van der Waals surface area contributed by atoms with Gasteiger partial charge in [-0.25, -0.2) is 23.1 Å². The number of benzene rings is 1. The summed E-state index contributed by atoms with van der Waals surface area (Å²) in [5.41, 5.74) is -1.25. The van der Waals surface area contributed by atoms with Crippen molar-refractivity contribution in [2.45, 2.75) is 6.54 Å². The fourth-order valence-electron chi connectivity index (χ4n) is 2.63. The minimum atomic E-state index is -1.15. The fourth-order valence-corrected chi connectivity index (χ4v) is 2.63. The maximum Gasteiger partial charge on any atom is 0.333 e. The van der Waals surface area contributed by atoms with Gasteiger partial charge in [-0.3, -0.25) is 19.0 Å². The van der Waals surface area contributed by atoms with E-state index in [1.165, 1.54) is 17.9 Å². The highest BCUT2D eigenvalue weighted by Gasteiger charge is 2.18. The van der Waals surface area contributed by atoms with E-state index in [1.807, 2.05) is 0 Å². The molecule has 0 fully saturated rings. The van der Waals surface area contributed by atoms with E-state index in [0.29, 0.717) is 4.57 Å². The lowest BCUT2D eigenvalue weighted by atomic mass is 10.3. The maximum atomic E-state index is 13.1. The normalized spacial score (nSPS) is 10.9. The minimum absolute atomic E-state index is 0.0308. The van der Waals surface area contributed by atoms with E-state index in [1.54, 1.807) is 7.05 Å². The van der Waals surface area contributed by atoms with Gasteiger partial charge in [0.25, 0.3) is 11.5 Å². The Hall–Kier alpha value is -3.83. The van der Waals surface area contributed by atoms with Crippen LogP contribution < -0.4 is 16.6 Å². The number of fused-ring (bicyclic) bond motifs is 1. The van der Waals surface area contributed by atoms with Crippen molar-refractivity contribution in [3.05, 3.63) is 57.0 Å². The van der Waals surface area contributed by atoms with Crippen molar-refractivity contribution in [3.8, 4) is 0 Å². The van der Waals surface area contributed by atoms with Gasteiger partial charge >= 0.3 is 11.7 Å². The highest BCUT2D eigenvalue weighted by molar-refractivity contribution is 5.92. The van der Waals surface area contributed by atoms with E-state index < -0.39 is 47.9 Å². The number of nitrogens with zero attached hydrogens (tertiary/aromatic N) is 4. The average Bonchev–Trinajstić information content (AvgIpc) is 3.06. The highest BCUT2D eigenvalue weighted by Crippen LogP contribution is 2.12. The zero-order chi connectivity index (χ0) is 21.3. The first-order valence-electron chi connectivity index (χ1n) is 8.20. The van der Waals surface area contributed by atoms with Crippen LogP contribution in [0, 0.1) is 11.6 Å². The molecule has 0 unspecified atom stereocenters. The number of carbonyl (C=O) groups excluding carboxylic acids is 2. The molecule has 1 aromatic carbocycles. The van der Waals surface area contributed by atoms with Crippen LogP contribution in [-0.4, -0.2) is 37.2 Å². The molecule has 0 saturated carbocycles. The Morgan fingerprint density at radius 3 is 2.59 bits per heavy atom. The number of hydrogen-bond acceptors (Lipinski definition) is 6. The first kappa shape index (κ1) is 19.9. The predicted octanol–water partition coefficient (Wildman–Crippen LogP) is -0.106. The Labute approximate surface area is 160 Å². The quantitative estimate of drug-likeness (QED) is 0.590. The van der Waals surface area contributed by atoms with Crippen LogP contribution in [0.25, 0.3) is 11.2 Å². The second-order valence-electron chi connectivity index (χ2n) is 6.10. The number of nitrogens with one attached hydrogen (secondary N) is 1. The second-order valence-corrected chi connectivity index (χ2v) is 6.10. The summed E-state index contributed by atoms with van der Waals surface area (Å²) >= 11 is 0. The first-order valence-corrected chi connectivity index (χ1v) is 8.20. The number of anilines is 1. The summed E-state index contributed by atoms with van der Waals surface area (Å²) in [6.07, 6.45) is 1.36. The summed E-state index contributed by atoms with van der Waals surface area (Å²) < 4.78 is 33.9. The molecule has 29 heavy (non-hydrogen) atoms. The average molecular weight is 407 g/mol. The molecule has 152 valence electrons. The molecule has 1 amide bonds. The van der Waals surface area contributed by atoms with Gasteiger partial charge < -0.3 is 14.6 Å². The van der Waals surface area contributed by atoms with E-state index in [4.69, 9.17) is 4.74 Å². The molecule has 0 bridgehead atoms. The SMILES string of the molecule is Cn1cnc2c1c(=O)n(CC(=O)OCC(=O)Nc1ccc(F)c(F)c1)c(=O)n2C.